The Balaban J connectivity index is 1.59. The maximum absolute atomic E-state index is 13.0. The maximum Gasteiger partial charge on any atom is 0.410 e. The summed E-state index contributed by atoms with van der Waals surface area (Å²) in [6.07, 6.45) is 6.17. The number of hydrogen-bond donors (Lipinski definition) is 0. The average molecular weight is 413 g/mol. The predicted octanol–water partition coefficient (Wildman–Crippen LogP) is 3.39. The molecule has 0 spiro atoms. The highest BCUT2D eigenvalue weighted by molar-refractivity contribution is 5.77. The number of carbonyl (C=O) groups excluding carboxylic acids is 2. The molecule has 3 rings (SSSR count). The van der Waals surface area contributed by atoms with E-state index in [9.17, 15) is 9.59 Å². The van der Waals surface area contributed by atoms with E-state index in [0.29, 0.717) is 25.9 Å². The highest BCUT2D eigenvalue weighted by Crippen LogP contribution is 2.22. The molecule has 7 heteroatoms. The summed E-state index contributed by atoms with van der Waals surface area (Å²) in [5.41, 5.74) is 2.03. The summed E-state index contributed by atoms with van der Waals surface area (Å²) in [5, 5.41) is 4.17. The minimum atomic E-state index is -0.299. The molecule has 0 bridgehead atoms. The summed E-state index contributed by atoms with van der Waals surface area (Å²) < 4.78 is 7.32. The molecule has 1 fully saturated rings. The molecule has 0 aliphatic carbocycles. The molecule has 1 aromatic heterocycles. The molecular formula is C23H32N4O3. The second-order valence-corrected chi connectivity index (χ2v) is 7.89. The number of benzene rings is 1. The van der Waals surface area contributed by atoms with Crippen molar-refractivity contribution in [3.8, 4) is 0 Å². The van der Waals surface area contributed by atoms with Gasteiger partial charge < -0.3 is 14.5 Å². The van der Waals surface area contributed by atoms with Crippen molar-refractivity contribution in [2.24, 2.45) is 7.05 Å². The van der Waals surface area contributed by atoms with Gasteiger partial charge in [-0.15, -0.1) is 0 Å². The Morgan fingerprint density at radius 1 is 1.03 bits per heavy atom. The lowest BCUT2D eigenvalue weighted by molar-refractivity contribution is -0.137. The van der Waals surface area contributed by atoms with Crippen molar-refractivity contribution >= 4 is 12.0 Å². The number of ether oxygens (including phenoxy) is 1. The van der Waals surface area contributed by atoms with Crippen LogP contribution in [0.3, 0.4) is 0 Å². The molecule has 2 heterocycles. The van der Waals surface area contributed by atoms with E-state index >= 15 is 0 Å². The second kappa shape index (κ2) is 10.3. The zero-order chi connectivity index (χ0) is 21.5. The minimum absolute atomic E-state index is 0.0125. The fraction of sp³-hybridized carbons (Fsp3) is 0.522. The van der Waals surface area contributed by atoms with Gasteiger partial charge in [0.25, 0.3) is 0 Å². The van der Waals surface area contributed by atoms with E-state index in [1.807, 2.05) is 60.3 Å². The summed E-state index contributed by atoms with van der Waals surface area (Å²) in [4.78, 5) is 29.5. The van der Waals surface area contributed by atoms with Crippen molar-refractivity contribution in [2.45, 2.75) is 58.2 Å². The fourth-order valence-electron chi connectivity index (χ4n) is 3.98. The van der Waals surface area contributed by atoms with Gasteiger partial charge in [-0.05, 0) is 30.4 Å². The van der Waals surface area contributed by atoms with Crippen LogP contribution >= 0.6 is 0 Å². The van der Waals surface area contributed by atoms with Crippen molar-refractivity contribution in [2.75, 3.05) is 13.1 Å². The van der Waals surface area contributed by atoms with Gasteiger partial charge >= 0.3 is 6.09 Å². The molecule has 0 unspecified atom stereocenters. The lowest BCUT2D eigenvalue weighted by atomic mass is 10.0. The van der Waals surface area contributed by atoms with Gasteiger partial charge in [0.2, 0.25) is 5.91 Å². The van der Waals surface area contributed by atoms with Gasteiger partial charge in [0.05, 0.1) is 12.2 Å². The normalized spacial score (nSPS) is 19.0. The van der Waals surface area contributed by atoms with Crippen molar-refractivity contribution in [1.29, 1.82) is 0 Å². The Bertz CT molecular complexity index is 836. The van der Waals surface area contributed by atoms with E-state index in [2.05, 4.69) is 12.0 Å². The number of rotatable bonds is 7. The van der Waals surface area contributed by atoms with Gasteiger partial charge in [0.15, 0.2) is 0 Å². The molecule has 1 saturated heterocycles. The number of nitrogens with zero attached hydrogens (tertiary/aromatic N) is 4. The first-order chi connectivity index (χ1) is 14.5. The van der Waals surface area contributed by atoms with Crippen molar-refractivity contribution in [3.63, 3.8) is 0 Å². The Hall–Kier alpha value is -2.83. The summed E-state index contributed by atoms with van der Waals surface area (Å²) in [6.45, 7) is 5.44. The topological polar surface area (TPSA) is 67.7 Å². The molecule has 2 amide bonds. The third kappa shape index (κ3) is 5.40. The summed E-state index contributed by atoms with van der Waals surface area (Å²) in [6, 6.07) is 9.67. The first-order valence-electron chi connectivity index (χ1n) is 10.8. The SMILES string of the molecule is CC[C@@H]1CN(C(=O)OCc2ccccc2)[C@H](CC)CN1C(=O)CCc1cnn(C)c1. The zero-order valence-corrected chi connectivity index (χ0v) is 18.2. The third-order valence-corrected chi connectivity index (χ3v) is 5.78. The van der Waals surface area contributed by atoms with Crippen LogP contribution in [-0.2, 0) is 29.6 Å². The molecule has 7 nitrogen and oxygen atoms in total. The first kappa shape index (κ1) is 21.9. The van der Waals surface area contributed by atoms with Crippen LogP contribution in [0, 0.1) is 0 Å². The van der Waals surface area contributed by atoms with Crippen molar-refractivity contribution in [1.82, 2.24) is 19.6 Å². The van der Waals surface area contributed by atoms with E-state index in [4.69, 9.17) is 4.74 Å². The number of aromatic nitrogens is 2. The molecule has 30 heavy (non-hydrogen) atoms. The predicted molar refractivity (Wildman–Crippen MR) is 115 cm³/mol. The Kier molecular flexibility index (Phi) is 7.49. The molecular weight excluding hydrogens is 380 g/mol. The number of carbonyl (C=O) groups is 2. The summed E-state index contributed by atoms with van der Waals surface area (Å²) in [5.74, 6) is 0.140. The first-order valence-corrected chi connectivity index (χ1v) is 10.8. The number of piperazine rings is 1. The Morgan fingerprint density at radius 2 is 1.70 bits per heavy atom. The molecule has 1 aliphatic heterocycles. The van der Waals surface area contributed by atoms with Crippen LogP contribution in [0.5, 0.6) is 0 Å². The molecule has 162 valence electrons. The largest absolute Gasteiger partial charge is 0.445 e. The average Bonchev–Trinajstić information content (AvgIpc) is 3.20. The fourth-order valence-corrected chi connectivity index (χ4v) is 3.98. The summed E-state index contributed by atoms with van der Waals surface area (Å²) >= 11 is 0. The molecule has 0 N–H and O–H groups in total. The van der Waals surface area contributed by atoms with Gasteiger partial charge in [-0.25, -0.2) is 4.79 Å². The maximum atomic E-state index is 13.0. The number of hydrogen-bond acceptors (Lipinski definition) is 4. The zero-order valence-electron chi connectivity index (χ0n) is 18.2. The molecule has 1 aromatic carbocycles. The van der Waals surface area contributed by atoms with Crippen LogP contribution in [0.4, 0.5) is 4.79 Å². The van der Waals surface area contributed by atoms with E-state index in [0.717, 1.165) is 24.0 Å². The Morgan fingerprint density at radius 3 is 2.33 bits per heavy atom. The second-order valence-electron chi connectivity index (χ2n) is 7.89. The van der Waals surface area contributed by atoms with Crippen molar-refractivity contribution < 1.29 is 14.3 Å². The molecule has 0 radical (unpaired) electrons. The van der Waals surface area contributed by atoms with Gasteiger partial charge in [-0.1, -0.05) is 44.2 Å². The monoisotopic (exact) mass is 412 g/mol. The van der Waals surface area contributed by atoms with E-state index in [-0.39, 0.29) is 30.7 Å². The van der Waals surface area contributed by atoms with E-state index in [1.165, 1.54) is 0 Å². The highest BCUT2D eigenvalue weighted by atomic mass is 16.6. The third-order valence-electron chi connectivity index (χ3n) is 5.78. The van der Waals surface area contributed by atoms with Crippen LogP contribution in [-0.4, -0.2) is 56.8 Å². The van der Waals surface area contributed by atoms with E-state index in [1.54, 1.807) is 10.9 Å². The lowest BCUT2D eigenvalue weighted by Crippen LogP contribution is -2.61. The molecule has 2 aromatic rings. The van der Waals surface area contributed by atoms with Gasteiger partial charge in [-0.3, -0.25) is 9.48 Å². The van der Waals surface area contributed by atoms with Crippen LogP contribution in [0.1, 0.15) is 44.2 Å². The molecule has 1 aliphatic rings. The van der Waals surface area contributed by atoms with E-state index < -0.39 is 0 Å². The Labute approximate surface area is 178 Å². The van der Waals surface area contributed by atoms with Crippen LogP contribution < -0.4 is 0 Å². The van der Waals surface area contributed by atoms with Gasteiger partial charge in [0, 0.05) is 38.8 Å². The van der Waals surface area contributed by atoms with Crippen LogP contribution in [0.25, 0.3) is 0 Å². The van der Waals surface area contributed by atoms with Crippen molar-refractivity contribution in [3.05, 3.63) is 53.9 Å². The van der Waals surface area contributed by atoms with Crippen LogP contribution in [0.2, 0.25) is 0 Å². The quantitative estimate of drug-likeness (QED) is 0.699. The minimum Gasteiger partial charge on any atom is -0.445 e. The number of aryl methyl sites for hydroxylation is 2. The summed E-state index contributed by atoms with van der Waals surface area (Å²) in [7, 11) is 1.88. The standard InChI is InChI=1S/C23H32N4O3/c1-4-20-16-27(23(29)30-17-18-9-7-6-8-10-18)21(5-2)15-26(20)22(28)12-11-19-13-24-25(3)14-19/h6-10,13-14,20-21H,4-5,11-12,15-17H2,1-3H3/t20-,21-/m1/s1. The van der Waals surface area contributed by atoms with Gasteiger partial charge in [-0.2, -0.15) is 5.10 Å². The van der Waals surface area contributed by atoms with Gasteiger partial charge in [0.1, 0.15) is 6.61 Å². The smallest absolute Gasteiger partial charge is 0.410 e. The van der Waals surface area contributed by atoms with Crippen LogP contribution in [0.15, 0.2) is 42.7 Å². The molecule has 0 saturated carbocycles. The highest BCUT2D eigenvalue weighted by Gasteiger charge is 2.37. The lowest BCUT2D eigenvalue weighted by Gasteiger charge is -2.45. The number of amides is 2. The molecule has 2 atom stereocenters.